The molecule has 0 atom stereocenters. The molecule has 1 amide bonds. The number of hydrogen-bond donors (Lipinski definition) is 1. The number of hydrogen-bond acceptors (Lipinski definition) is 2. The van der Waals surface area contributed by atoms with Gasteiger partial charge in [0.2, 0.25) is 5.91 Å². The quantitative estimate of drug-likeness (QED) is 0.760. The summed E-state index contributed by atoms with van der Waals surface area (Å²) in [6.45, 7) is 6.68. The second-order valence-electron chi connectivity index (χ2n) is 4.29. The fourth-order valence-corrected chi connectivity index (χ4v) is 1.89. The molecule has 15 heavy (non-hydrogen) atoms. The number of anilines is 2. The van der Waals surface area contributed by atoms with Crippen LogP contribution >= 0.6 is 0 Å². The lowest BCUT2D eigenvalue weighted by atomic mass is 10.1. The van der Waals surface area contributed by atoms with Gasteiger partial charge in [-0.15, -0.1) is 0 Å². The van der Waals surface area contributed by atoms with E-state index in [1.54, 1.807) is 0 Å². The second kappa shape index (κ2) is 3.57. The van der Waals surface area contributed by atoms with Gasteiger partial charge in [-0.2, -0.15) is 0 Å². The van der Waals surface area contributed by atoms with Crippen LogP contribution in [0, 0.1) is 6.92 Å². The third kappa shape index (κ3) is 1.82. The lowest BCUT2D eigenvalue weighted by molar-refractivity contribution is -0.115. The van der Waals surface area contributed by atoms with Gasteiger partial charge >= 0.3 is 0 Å². The Morgan fingerprint density at radius 3 is 2.80 bits per heavy atom. The van der Waals surface area contributed by atoms with Crippen LogP contribution in [0.15, 0.2) is 18.2 Å². The van der Waals surface area contributed by atoms with Crippen molar-refractivity contribution in [2.24, 2.45) is 0 Å². The Balaban J connectivity index is 2.46. The van der Waals surface area contributed by atoms with Crippen molar-refractivity contribution in [3.05, 3.63) is 23.8 Å². The molecule has 0 fully saturated rings. The minimum absolute atomic E-state index is 0.0711. The highest BCUT2D eigenvalue weighted by molar-refractivity contribution is 6.01. The molecule has 0 bridgehead atoms. The number of fused-ring (bicyclic) bond motifs is 1. The molecule has 0 aromatic heterocycles. The first kappa shape index (κ1) is 10.0. The van der Waals surface area contributed by atoms with Crippen molar-refractivity contribution >= 4 is 17.3 Å². The standard InChI is InChI=1S/C12H16N2O/c1-8(2)14-7-12(15)13-10-6-9(3)4-5-11(10)14/h4-6,8H,7H2,1-3H3,(H,13,15). The first-order chi connectivity index (χ1) is 7.08. The minimum atomic E-state index is 0.0711. The predicted octanol–water partition coefficient (Wildman–Crippen LogP) is 2.16. The van der Waals surface area contributed by atoms with Crippen molar-refractivity contribution in [3.8, 4) is 0 Å². The fraction of sp³-hybridized carbons (Fsp3) is 0.417. The van der Waals surface area contributed by atoms with Gasteiger partial charge in [-0.3, -0.25) is 4.79 Å². The Labute approximate surface area is 90.1 Å². The summed E-state index contributed by atoms with van der Waals surface area (Å²) < 4.78 is 0. The van der Waals surface area contributed by atoms with E-state index in [0.717, 1.165) is 11.4 Å². The van der Waals surface area contributed by atoms with E-state index >= 15 is 0 Å². The van der Waals surface area contributed by atoms with Crippen LogP contribution in [0.25, 0.3) is 0 Å². The van der Waals surface area contributed by atoms with E-state index in [1.807, 2.05) is 13.0 Å². The molecule has 0 spiro atoms. The molecule has 1 aliphatic rings. The number of nitrogens with one attached hydrogen (secondary N) is 1. The first-order valence-electron chi connectivity index (χ1n) is 5.25. The molecule has 1 heterocycles. The van der Waals surface area contributed by atoms with E-state index in [9.17, 15) is 4.79 Å². The fourth-order valence-electron chi connectivity index (χ4n) is 1.89. The van der Waals surface area contributed by atoms with Crippen molar-refractivity contribution in [2.45, 2.75) is 26.8 Å². The average molecular weight is 204 g/mol. The molecule has 1 aromatic rings. The summed E-state index contributed by atoms with van der Waals surface area (Å²) in [5.41, 5.74) is 3.22. The summed E-state index contributed by atoms with van der Waals surface area (Å²) in [6, 6.07) is 6.51. The van der Waals surface area contributed by atoms with Gasteiger partial charge in [-0.25, -0.2) is 0 Å². The summed E-state index contributed by atoms with van der Waals surface area (Å²) in [4.78, 5) is 13.6. The Morgan fingerprint density at radius 1 is 1.40 bits per heavy atom. The van der Waals surface area contributed by atoms with Gasteiger partial charge in [0, 0.05) is 6.04 Å². The number of amides is 1. The van der Waals surface area contributed by atoms with Gasteiger partial charge in [0.25, 0.3) is 0 Å². The largest absolute Gasteiger partial charge is 0.358 e. The summed E-state index contributed by atoms with van der Waals surface area (Å²) >= 11 is 0. The zero-order valence-corrected chi connectivity index (χ0v) is 9.37. The van der Waals surface area contributed by atoms with Crippen LogP contribution < -0.4 is 10.2 Å². The third-order valence-corrected chi connectivity index (χ3v) is 2.67. The molecule has 3 heteroatoms. The highest BCUT2D eigenvalue weighted by Crippen LogP contribution is 2.31. The molecule has 0 radical (unpaired) electrons. The number of nitrogens with zero attached hydrogens (tertiary/aromatic N) is 1. The van der Waals surface area contributed by atoms with Crippen LogP contribution in [-0.2, 0) is 4.79 Å². The van der Waals surface area contributed by atoms with Gasteiger partial charge in [0.15, 0.2) is 0 Å². The molecule has 0 aliphatic carbocycles. The number of carbonyl (C=O) groups is 1. The number of rotatable bonds is 1. The van der Waals surface area contributed by atoms with E-state index in [0.29, 0.717) is 12.6 Å². The normalized spacial score (nSPS) is 15.2. The zero-order chi connectivity index (χ0) is 11.0. The smallest absolute Gasteiger partial charge is 0.243 e. The van der Waals surface area contributed by atoms with Gasteiger partial charge < -0.3 is 10.2 Å². The number of aryl methyl sites for hydroxylation is 1. The lowest BCUT2D eigenvalue weighted by Crippen LogP contribution is -2.42. The molecule has 0 unspecified atom stereocenters. The van der Waals surface area contributed by atoms with Crippen molar-refractivity contribution in [1.82, 2.24) is 0 Å². The molecule has 1 N–H and O–H groups in total. The lowest BCUT2D eigenvalue weighted by Gasteiger charge is -2.34. The summed E-state index contributed by atoms with van der Waals surface area (Å²) in [6.07, 6.45) is 0. The van der Waals surface area contributed by atoms with E-state index in [1.165, 1.54) is 5.56 Å². The van der Waals surface area contributed by atoms with Crippen molar-refractivity contribution < 1.29 is 4.79 Å². The van der Waals surface area contributed by atoms with Crippen molar-refractivity contribution in [2.75, 3.05) is 16.8 Å². The molecule has 1 aromatic carbocycles. The van der Waals surface area contributed by atoms with Crippen LogP contribution in [0.1, 0.15) is 19.4 Å². The van der Waals surface area contributed by atoms with E-state index in [4.69, 9.17) is 0 Å². The van der Waals surface area contributed by atoms with E-state index in [-0.39, 0.29) is 5.91 Å². The zero-order valence-electron chi connectivity index (χ0n) is 9.37. The molecular weight excluding hydrogens is 188 g/mol. The van der Waals surface area contributed by atoms with E-state index in [2.05, 4.69) is 36.2 Å². The highest BCUT2D eigenvalue weighted by atomic mass is 16.2. The first-order valence-corrected chi connectivity index (χ1v) is 5.25. The maximum Gasteiger partial charge on any atom is 0.243 e. The number of carbonyl (C=O) groups excluding carboxylic acids is 1. The molecule has 2 rings (SSSR count). The van der Waals surface area contributed by atoms with Crippen LogP contribution in [0.3, 0.4) is 0 Å². The molecule has 0 saturated carbocycles. The molecule has 3 nitrogen and oxygen atoms in total. The summed E-state index contributed by atoms with van der Waals surface area (Å²) in [5.74, 6) is 0.0711. The average Bonchev–Trinajstić information content (AvgIpc) is 2.15. The van der Waals surface area contributed by atoms with Crippen LogP contribution in [-0.4, -0.2) is 18.5 Å². The topological polar surface area (TPSA) is 32.3 Å². The van der Waals surface area contributed by atoms with Crippen molar-refractivity contribution in [3.63, 3.8) is 0 Å². The predicted molar refractivity (Wildman–Crippen MR) is 62.3 cm³/mol. The van der Waals surface area contributed by atoms with E-state index < -0.39 is 0 Å². The Hall–Kier alpha value is -1.51. The minimum Gasteiger partial charge on any atom is -0.358 e. The van der Waals surface area contributed by atoms with Gasteiger partial charge in [0.1, 0.15) is 0 Å². The molecule has 80 valence electrons. The maximum absolute atomic E-state index is 11.5. The summed E-state index contributed by atoms with van der Waals surface area (Å²) in [7, 11) is 0. The maximum atomic E-state index is 11.5. The van der Waals surface area contributed by atoms with Gasteiger partial charge in [-0.05, 0) is 38.5 Å². The van der Waals surface area contributed by atoms with Crippen LogP contribution in [0.4, 0.5) is 11.4 Å². The van der Waals surface area contributed by atoms with Gasteiger partial charge in [0.05, 0.1) is 17.9 Å². The molecule has 1 aliphatic heterocycles. The van der Waals surface area contributed by atoms with Crippen LogP contribution in [0.2, 0.25) is 0 Å². The van der Waals surface area contributed by atoms with Crippen LogP contribution in [0.5, 0.6) is 0 Å². The highest BCUT2D eigenvalue weighted by Gasteiger charge is 2.23. The molecule has 0 saturated heterocycles. The Kier molecular flexibility index (Phi) is 2.39. The number of benzene rings is 1. The Bertz CT molecular complexity index is 399. The summed E-state index contributed by atoms with van der Waals surface area (Å²) in [5, 5.41) is 2.90. The van der Waals surface area contributed by atoms with Crippen molar-refractivity contribution in [1.29, 1.82) is 0 Å². The SMILES string of the molecule is Cc1ccc2c(c1)NC(=O)CN2C(C)C. The Morgan fingerprint density at radius 2 is 2.13 bits per heavy atom. The second-order valence-corrected chi connectivity index (χ2v) is 4.29. The monoisotopic (exact) mass is 204 g/mol. The third-order valence-electron chi connectivity index (χ3n) is 2.67. The van der Waals surface area contributed by atoms with Gasteiger partial charge in [-0.1, -0.05) is 6.07 Å². The molecular formula is C12H16N2O.